The third-order valence-electron chi connectivity index (χ3n) is 9.23. The van der Waals surface area contributed by atoms with Crippen LogP contribution in [-0.4, -0.2) is 22.6 Å². The Morgan fingerprint density at radius 2 is 1.40 bits per heavy atom. The van der Waals surface area contributed by atoms with Gasteiger partial charge in [-0.15, -0.1) is 53.6 Å². The van der Waals surface area contributed by atoms with Crippen LogP contribution in [-0.2, 0) is 20.1 Å². The summed E-state index contributed by atoms with van der Waals surface area (Å²) in [5.74, 6) is 0.818. The van der Waals surface area contributed by atoms with Crippen LogP contribution in [0.1, 0.15) is 5.56 Å². The number of imidazole rings is 1. The van der Waals surface area contributed by atoms with Crippen molar-refractivity contribution in [3.63, 3.8) is 0 Å². The molecular formula is C46H37IrN3OSi-2. The molecule has 0 aliphatic carbocycles. The molecule has 0 spiro atoms. The molecule has 0 aliphatic heterocycles. The standard InChI is InChI=1S/C31H19N2O.C15H18NSi.Ir/c1-2-9-21(10-3-1)22-17-19-23(20-18-22)33-28-15-6-5-14-27(28)32-31(33)26-13-8-12-25-24-11-4-7-16-29(24)34-30(25)26;1-12-5-7-13(8-6-12)15-10-9-14(11-16-15)17(2,3)4;/h1-12,14-20H;5-7,9-11H,1-4H3;/q2*-1;. The summed E-state index contributed by atoms with van der Waals surface area (Å²) in [6.45, 7) is 9.08. The van der Waals surface area contributed by atoms with Gasteiger partial charge in [-0.25, -0.2) is 0 Å². The fourth-order valence-corrected chi connectivity index (χ4v) is 7.44. The van der Waals surface area contributed by atoms with E-state index >= 15 is 0 Å². The van der Waals surface area contributed by atoms with Gasteiger partial charge in [0.2, 0.25) is 0 Å². The topological polar surface area (TPSA) is 43.9 Å². The molecule has 9 aromatic rings. The number of aromatic nitrogens is 3. The zero-order valence-electron chi connectivity index (χ0n) is 29.5. The van der Waals surface area contributed by atoms with Crippen molar-refractivity contribution in [2.45, 2.75) is 26.6 Å². The minimum absolute atomic E-state index is 0. The summed E-state index contributed by atoms with van der Waals surface area (Å²) in [7, 11) is -1.24. The number of furan rings is 1. The molecule has 257 valence electrons. The summed E-state index contributed by atoms with van der Waals surface area (Å²) in [6.07, 6.45) is 2.02. The average molecular weight is 868 g/mol. The maximum absolute atomic E-state index is 6.32. The predicted molar refractivity (Wildman–Crippen MR) is 214 cm³/mol. The first-order valence-corrected chi connectivity index (χ1v) is 20.7. The smallest absolute Gasteiger partial charge is 0.120 e. The molecule has 0 atom stereocenters. The van der Waals surface area contributed by atoms with Crippen molar-refractivity contribution in [1.29, 1.82) is 0 Å². The number of para-hydroxylation sites is 3. The van der Waals surface area contributed by atoms with Crippen molar-refractivity contribution in [3.05, 3.63) is 169 Å². The normalized spacial score (nSPS) is 11.3. The van der Waals surface area contributed by atoms with Crippen LogP contribution in [0.5, 0.6) is 0 Å². The summed E-state index contributed by atoms with van der Waals surface area (Å²) in [5, 5.41) is 3.57. The second-order valence-electron chi connectivity index (χ2n) is 13.8. The van der Waals surface area contributed by atoms with E-state index in [9.17, 15) is 0 Å². The van der Waals surface area contributed by atoms with E-state index < -0.39 is 8.07 Å². The van der Waals surface area contributed by atoms with E-state index in [0.717, 1.165) is 61.3 Å². The van der Waals surface area contributed by atoms with Gasteiger partial charge in [-0.2, -0.15) is 0 Å². The molecule has 52 heavy (non-hydrogen) atoms. The molecule has 3 aromatic heterocycles. The molecule has 6 heteroatoms. The van der Waals surface area contributed by atoms with E-state index in [0.29, 0.717) is 0 Å². The van der Waals surface area contributed by atoms with Gasteiger partial charge < -0.3 is 14.0 Å². The minimum atomic E-state index is -1.24. The van der Waals surface area contributed by atoms with Crippen molar-refractivity contribution in [1.82, 2.24) is 14.5 Å². The number of aryl methyl sites for hydroxylation is 1. The minimum Gasteiger partial charge on any atom is -0.501 e. The van der Waals surface area contributed by atoms with Gasteiger partial charge in [-0.05, 0) is 52.3 Å². The molecule has 9 rings (SSSR count). The Labute approximate surface area is 319 Å². The van der Waals surface area contributed by atoms with Gasteiger partial charge >= 0.3 is 0 Å². The molecule has 0 N–H and O–H groups in total. The molecule has 0 fully saturated rings. The molecule has 6 aromatic carbocycles. The van der Waals surface area contributed by atoms with Crippen LogP contribution < -0.4 is 5.19 Å². The van der Waals surface area contributed by atoms with E-state index in [4.69, 9.17) is 9.40 Å². The van der Waals surface area contributed by atoms with Crippen molar-refractivity contribution < 1.29 is 24.5 Å². The second kappa shape index (κ2) is 14.7. The van der Waals surface area contributed by atoms with Crippen LogP contribution in [0, 0.1) is 19.1 Å². The van der Waals surface area contributed by atoms with Crippen molar-refractivity contribution in [3.8, 4) is 39.5 Å². The van der Waals surface area contributed by atoms with Crippen LogP contribution in [0.3, 0.4) is 0 Å². The molecule has 3 heterocycles. The third-order valence-corrected chi connectivity index (χ3v) is 11.3. The van der Waals surface area contributed by atoms with Crippen molar-refractivity contribution >= 4 is 46.2 Å². The summed E-state index contributed by atoms with van der Waals surface area (Å²) in [4.78, 5) is 9.58. The SMILES string of the molecule is Cc1c[c-]c(-c2ccc([Si](C)(C)C)cn2)cc1.[Ir].[c-]1ccc2c(oc3ccccc32)c1-c1nc2ccccc2n1-c1ccc(-c2ccccc2)cc1. The first-order valence-electron chi connectivity index (χ1n) is 17.2. The van der Waals surface area contributed by atoms with Crippen LogP contribution in [0.15, 0.2) is 156 Å². The third kappa shape index (κ3) is 6.93. The maximum Gasteiger partial charge on any atom is 0.120 e. The first-order chi connectivity index (χ1) is 24.8. The number of hydrogen-bond acceptors (Lipinski definition) is 3. The Bertz CT molecular complexity index is 2600. The zero-order chi connectivity index (χ0) is 35.0. The van der Waals surface area contributed by atoms with E-state index in [1.54, 1.807) is 0 Å². The second-order valence-corrected chi connectivity index (χ2v) is 18.9. The van der Waals surface area contributed by atoms with E-state index in [2.05, 4.69) is 139 Å². The summed E-state index contributed by atoms with van der Waals surface area (Å²) in [6, 6.07) is 56.6. The van der Waals surface area contributed by atoms with Crippen molar-refractivity contribution in [2.75, 3.05) is 0 Å². The zero-order valence-corrected chi connectivity index (χ0v) is 32.9. The van der Waals surface area contributed by atoms with E-state index in [-0.39, 0.29) is 20.1 Å². The van der Waals surface area contributed by atoms with Gasteiger partial charge in [-0.3, -0.25) is 4.98 Å². The molecule has 0 amide bonds. The molecule has 0 bridgehead atoms. The van der Waals surface area contributed by atoms with Crippen LogP contribution in [0.2, 0.25) is 19.6 Å². The van der Waals surface area contributed by atoms with Crippen LogP contribution >= 0.6 is 0 Å². The molecule has 4 nitrogen and oxygen atoms in total. The van der Waals surface area contributed by atoms with E-state index in [1.165, 1.54) is 21.9 Å². The maximum atomic E-state index is 6.32. The number of pyridine rings is 1. The van der Waals surface area contributed by atoms with Crippen LogP contribution in [0.4, 0.5) is 0 Å². The number of benzene rings is 6. The molecule has 0 unspecified atom stereocenters. The number of hydrogen-bond donors (Lipinski definition) is 0. The molecule has 0 saturated carbocycles. The summed E-state index contributed by atoms with van der Waals surface area (Å²) < 4.78 is 8.51. The molecular weight excluding hydrogens is 831 g/mol. The summed E-state index contributed by atoms with van der Waals surface area (Å²) >= 11 is 0. The van der Waals surface area contributed by atoms with Gasteiger partial charge in [0.25, 0.3) is 0 Å². The largest absolute Gasteiger partial charge is 0.501 e. The quantitative estimate of drug-likeness (QED) is 0.128. The Hall–Kier alpha value is -5.39. The van der Waals surface area contributed by atoms with Crippen molar-refractivity contribution in [2.24, 2.45) is 0 Å². The molecule has 0 aliphatic rings. The monoisotopic (exact) mass is 868 g/mol. The van der Waals surface area contributed by atoms with Gasteiger partial charge in [0.1, 0.15) is 5.58 Å². The van der Waals surface area contributed by atoms with Gasteiger partial charge in [-0.1, -0.05) is 122 Å². The van der Waals surface area contributed by atoms with Gasteiger partial charge in [0.15, 0.2) is 0 Å². The Kier molecular flexibility index (Phi) is 9.89. The van der Waals surface area contributed by atoms with E-state index in [1.807, 2.05) is 60.8 Å². The van der Waals surface area contributed by atoms with Crippen LogP contribution in [0.25, 0.3) is 72.4 Å². The van der Waals surface area contributed by atoms with Gasteiger partial charge in [0.05, 0.1) is 30.5 Å². The fraction of sp³-hybridized carbons (Fsp3) is 0.0870. The Balaban J connectivity index is 0.000000198. The number of rotatable bonds is 5. The molecule has 1 radical (unpaired) electrons. The summed E-state index contributed by atoms with van der Waals surface area (Å²) in [5.41, 5.74) is 11.2. The first kappa shape index (κ1) is 35.0. The number of fused-ring (bicyclic) bond motifs is 4. The Morgan fingerprint density at radius 3 is 2.13 bits per heavy atom. The predicted octanol–water partition coefficient (Wildman–Crippen LogP) is 11.5. The average Bonchev–Trinajstić information content (AvgIpc) is 3.75. The Morgan fingerprint density at radius 1 is 0.673 bits per heavy atom. The fourth-order valence-electron chi connectivity index (χ4n) is 6.40. The van der Waals surface area contributed by atoms with Gasteiger partial charge in [0, 0.05) is 37.4 Å². The number of nitrogens with zero attached hydrogens (tertiary/aromatic N) is 3. The molecule has 0 saturated heterocycles.